The highest BCUT2D eigenvalue weighted by molar-refractivity contribution is 8.18. The van der Waals surface area contributed by atoms with E-state index in [1.165, 1.54) is 6.08 Å². The van der Waals surface area contributed by atoms with E-state index in [9.17, 15) is 14.7 Å². The van der Waals surface area contributed by atoms with Gasteiger partial charge in [0.15, 0.2) is 11.5 Å². The Hall–Kier alpha value is -1.95. The van der Waals surface area contributed by atoms with Crippen LogP contribution in [-0.4, -0.2) is 22.9 Å². The van der Waals surface area contributed by atoms with Gasteiger partial charge in [0.25, 0.3) is 11.1 Å². The second kappa shape index (κ2) is 5.14. The number of carbonyl (C=O) groups is 2. The van der Waals surface area contributed by atoms with E-state index >= 15 is 0 Å². The fourth-order valence-electron chi connectivity index (χ4n) is 1.49. The first-order valence-electron chi connectivity index (χ1n) is 5.31. The van der Waals surface area contributed by atoms with E-state index in [0.29, 0.717) is 17.9 Å². The van der Waals surface area contributed by atoms with Crippen LogP contribution in [0.4, 0.5) is 4.79 Å². The lowest BCUT2D eigenvalue weighted by Crippen LogP contribution is -2.17. The maximum Gasteiger partial charge on any atom is 0.290 e. The first-order chi connectivity index (χ1) is 8.61. The summed E-state index contributed by atoms with van der Waals surface area (Å²) in [5.74, 6) is -0.146. The minimum Gasteiger partial charge on any atom is -0.504 e. The Kier molecular flexibility index (Phi) is 3.57. The van der Waals surface area contributed by atoms with E-state index in [4.69, 9.17) is 4.74 Å². The maximum absolute atomic E-state index is 11.4. The number of carbonyl (C=O) groups excluding carboxylic acids is 2. The molecule has 1 aromatic carbocycles. The summed E-state index contributed by atoms with van der Waals surface area (Å²) in [6.07, 6.45) is 1.46. The van der Waals surface area contributed by atoms with Crippen LogP contribution in [0, 0.1) is 0 Å². The average molecular weight is 265 g/mol. The monoisotopic (exact) mass is 265 g/mol. The van der Waals surface area contributed by atoms with Crippen LogP contribution in [0.5, 0.6) is 11.5 Å². The van der Waals surface area contributed by atoms with Crippen LogP contribution in [0.1, 0.15) is 12.5 Å². The molecule has 6 heteroatoms. The number of phenols is 1. The maximum atomic E-state index is 11.4. The molecule has 18 heavy (non-hydrogen) atoms. The number of hydrogen-bond acceptors (Lipinski definition) is 5. The van der Waals surface area contributed by atoms with Crippen molar-refractivity contribution in [3.05, 3.63) is 28.7 Å². The van der Waals surface area contributed by atoms with Crippen LogP contribution < -0.4 is 10.1 Å². The Morgan fingerprint density at radius 1 is 1.44 bits per heavy atom. The molecule has 0 saturated carbocycles. The van der Waals surface area contributed by atoms with Gasteiger partial charge in [-0.3, -0.25) is 14.9 Å². The van der Waals surface area contributed by atoms with Gasteiger partial charge in [0.2, 0.25) is 0 Å². The summed E-state index contributed by atoms with van der Waals surface area (Å²) in [5.41, 5.74) is 0.438. The molecular weight excluding hydrogens is 254 g/mol. The molecule has 0 aromatic heterocycles. The number of aromatic hydroxyl groups is 1. The predicted molar refractivity (Wildman–Crippen MR) is 68.4 cm³/mol. The Labute approximate surface area is 108 Å². The summed E-state index contributed by atoms with van der Waals surface area (Å²) in [6.45, 7) is 2.24. The Morgan fingerprint density at radius 3 is 2.83 bits per heavy atom. The Bertz CT molecular complexity index is 539. The molecule has 2 N–H and O–H groups in total. The van der Waals surface area contributed by atoms with Crippen molar-refractivity contribution in [2.75, 3.05) is 6.61 Å². The molecule has 1 aliphatic rings. The van der Waals surface area contributed by atoms with Crippen LogP contribution in [0.3, 0.4) is 0 Å². The Balaban J connectivity index is 2.35. The van der Waals surface area contributed by atoms with Crippen molar-refractivity contribution in [2.45, 2.75) is 6.92 Å². The van der Waals surface area contributed by atoms with Crippen molar-refractivity contribution < 1.29 is 19.4 Å². The zero-order valence-electron chi connectivity index (χ0n) is 9.60. The van der Waals surface area contributed by atoms with Crippen molar-refractivity contribution in [3.63, 3.8) is 0 Å². The number of amides is 2. The van der Waals surface area contributed by atoms with Crippen molar-refractivity contribution >= 4 is 29.0 Å². The van der Waals surface area contributed by atoms with Crippen LogP contribution in [0.15, 0.2) is 23.1 Å². The molecule has 1 aliphatic heterocycles. The number of rotatable bonds is 3. The number of benzene rings is 1. The summed E-state index contributed by atoms with van der Waals surface area (Å²) < 4.78 is 5.24. The lowest BCUT2D eigenvalue weighted by Gasteiger charge is -2.07. The third-order valence-corrected chi connectivity index (χ3v) is 3.07. The molecule has 1 saturated heterocycles. The second-order valence-electron chi connectivity index (χ2n) is 3.48. The molecular formula is C12H11NO4S. The number of imide groups is 1. The average Bonchev–Trinajstić information content (AvgIpc) is 2.63. The molecule has 0 unspecified atom stereocenters. The summed E-state index contributed by atoms with van der Waals surface area (Å²) in [6, 6.07) is 4.98. The molecule has 0 aliphatic carbocycles. The fourth-order valence-corrected chi connectivity index (χ4v) is 2.16. The number of para-hydroxylation sites is 1. The van der Waals surface area contributed by atoms with E-state index in [0.717, 1.165) is 11.8 Å². The standard InChI is InChI=1S/C12H11NO4S/c1-2-17-8-5-3-4-7(10(8)14)6-9-11(15)13-12(16)18-9/h3-6,14H,2H2,1H3,(H,13,15,16). The van der Waals surface area contributed by atoms with Crippen LogP contribution in [0.25, 0.3) is 6.08 Å². The van der Waals surface area contributed by atoms with Gasteiger partial charge < -0.3 is 9.84 Å². The van der Waals surface area contributed by atoms with Gasteiger partial charge in [-0.25, -0.2) is 0 Å². The summed E-state index contributed by atoms with van der Waals surface area (Å²) in [7, 11) is 0. The molecule has 1 heterocycles. The molecule has 2 rings (SSSR count). The van der Waals surface area contributed by atoms with Gasteiger partial charge in [-0.15, -0.1) is 0 Å². The van der Waals surface area contributed by atoms with Gasteiger partial charge in [0, 0.05) is 5.56 Å². The van der Waals surface area contributed by atoms with Gasteiger partial charge in [0.05, 0.1) is 11.5 Å². The van der Waals surface area contributed by atoms with Gasteiger partial charge in [-0.1, -0.05) is 12.1 Å². The van der Waals surface area contributed by atoms with Gasteiger partial charge >= 0.3 is 0 Å². The van der Waals surface area contributed by atoms with E-state index in [1.807, 2.05) is 6.92 Å². The van der Waals surface area contributed by atoms with Crippen molar-refractivity contribution in [1.82, 2.24) is 5.32 Å². The number of ether oxygens (including phenoxy) is 1. The molecule has 0 atom stereocenters. The lowest BCUT2D eigenvalue weighted by molar-refractivity contribution is -0.115. The van der Waals surface area contributed by atoms with Gasteiger partial charge in [-0.2, -0.15) is 0 Å². The summed E-state index contributed by atoms with van der Waals surface area (Å²) >= 11 is 0.806. The second-order valence-corrected chi connectivity index (χ2v) is 4.49. The van der Waals surface area contributed by atoms with Crippen LogP contribution in [0.2, 0.25) is 0 Å². The SMILES string of the molecule is CCOc1cccc(C=C2SC(=O)NC2=O)c1O. The van der Waals surface area contributed by atoms with Gasteiger partial charge in [0.1, 0.15) is 0 Å². The highest BCUT2D eigenvalue weighted by atomic mass is 32.2. The van der Waals surface area contributed by atoms with Crippen molar-refractivity contribution in [3.8, 4) is 11.5 Å². The van der Waals surface area contributed by atoms with Crippen LogP contribution in [-0.2, 0) is 4.79 Å². The molecule has 0 spiro atoms. The molecule has 94 valence electrons. The lowest BCUT2D eigenvalue weighted by atomic mass is 10.1. The van der Waals surface area contributed by atoms with E-state index in [2.05, 4.69) is 5.32 Å². The minimum absolute atomic E-state index is 0.0420. The molecule has 0 bridgehead atoms. The zero-order valence-corrected chi connectivity index (χ0v) is 10.4. The normalized spacial score (nSPS) is 17.1. The minimum atomic E-state index is -0.453. The number of phenolic OH excluding ortho intramolecular Hbond substituents is 1. The number of hydrogen-bond donors (Lipinski definition) is 2. The number of nitrogens with one attached hydrogen (secondary N) is 1. The first-order valence-corrected chi connectivity index (χ1v) is 6.13. The van der Waals surface area contributed by atoms with Gasteiger partial charge in [-0.05, 0) is 30.8 Å². The highest BCUT2D eigenvalue weighted by Crippen LogP contribution is 2.34. The van der Waals surface area contributed by atoms with E-state index in [-0.39, 0.29) is 10.7 Å². The van der Waals surface area contributed by atoms with Crippen LogP contribution >= 0.6 is 11.8 Å². The van der Waals surface area contributed by atoms with E-state index in [1.54, 1.807) is 18.2 Å². The first kappa shape index (κ1) is 12.5. The smallest absolute Gasteiger partial charge is 0.290 e. The quantitative estimate of drug-likeness (QED) is 0.819. The Morgan fingerprint density at radius 2 is 2.22 bits per heavy atom. The summed E-state index contributed by atoms with van der Waals surface area (Å²) in [5, 5.41) is 11.7. The molecule has 0 radical (unpaired) electrons. The molecule has 1 aromatic rings. The highest BCUT2D eigenvalue weighted by Gasteiger charge is 2.25. The third kappa shape index (κ3) is 2.48. The summed E-state index contributed by atoms with van der Waals surface area (Å²) in [4.78, 5) is 22.6. The van der Waals surface area contributed by atoms with E-state index < -0.39 is 11.1 Å². The van der Waals surface area contributed by atoms with Crippen molar-refractivity contribution in [1.29, 1.82) is 0 Å². The molecule has 5 nitrogen and oxygen atoms in total. The number of thioether (sulfide) groups is 1. The van der Waals surface area contributed by atoms with Crippen molar-refractivity contribution in [2.24, 2.45) is 0 Å². The zero-order chi connectivity index (χ0) is 13.1. The fraction of sp³-hybridized carbons (Fsp3) is 0.167. The predicted octanol–water partition coefficient (Wildman–Crippen LogP) is 2.11. The third-order valence-electron chi connectivity index (χ3n) is 2.26. The topological polar surface area (TPSA) is 75.6 Å². The molecule has 1 fully saturated rings. The molecule has 2 amide bonds. The largest absolute Gasteiger partial charge is 0.504 e.